The molecule has 5 rings (SSSR count). The zero-order valence-electron chi connectivity index (χ0n) is 15.8. The Morgan fingerprint density at radius 3 is 2.59 bits per heavy atom. The monoisotopic (exact) mass is 407 g/mol. The third-order valence-corrected chi connectivity index (χ3v) is 5.63. The number of halogens is 1. The number of imide groups is 1. The molecule has 1 saturated heterocycles. The first-order valence-electron chi connectivity index (χ1n) is 9.22. The number of nitrogens with one attached hydrogen (secondary N) is 1. The minimum Gasteiger partial charge on any atom is -0.303 e. The number of carbonyl (C=O) groups is 2. The van der Waals surface area contributed by atoms with Crippen LogP contribution in [0.2, 0.25) is 5.02 Å². The summed E-state index contributed by atoms with van der Waals surface area (Å²) in [4.78, 5) is 34.8. The van der Waals surface area contributed by atoms with Crippen molar-refractivity contribution in [1.29, 1.82) is 0 Å². The number of benzene rings is 2. The van der Waals surface area contributed by atoms with Gasteiger partial charge in [-0.25, -0.2) is 9.79 Å². The summed E-state index contributed by atoms with van der Waals surface area (Å²) in [7, 11) is 1.65. The van der Waals surface area contributed by atoms with Gasteiger partial charge in [-0.05, 0) is 36.8 Å². The normalized spacial score (nSPS) is 22.9. The Labute approximate surface area is 172 Å². The number of nitrogens with zero attached hydrogens (tertiary/aromatic N) is 4. The van der Waals surface area contributed by atoms with E-state index in [9.17, 15) is 9.59 Å². The molecule has 8 heteroatoms. The number of hydrogen-bond donors (Lipinski definition) is 1. The number of likely N-dealkylation sites (N-methyl/N-ethyl adjacent to an activating group) is 1. The molecule has 3 aliphatic rings. The van der Waals surface area contributed by atoms with E-state index >= 15 is 0 Å². The molecule has 146 valence electrons. The highest BCUT2D eigenvalue weighted by molar-refractivity contribution is 6.30. The van der Waals surface area contributed by atoms with Crippen molar-refractivity contribution >= 4 is 40.9 Å². The maximum atomic E-state index is 12.6. The average Bonchev–Trinajstić information content (AvgIpc) is 3.23. The summed E-state index contributed by atoms with van der Waals surface area (Å²) in [5, 5.41) is 3.06. The topological polar surface area (TPSA) is 68.2 Å². The highest BCUT2D eigenvalue weighted by Gasteiger charge is 2.52. The van der Waals surface area contributed by atoms with Crippen LogP contribution < -0.4 is 10.2 Å². The third kappa shape index (κ3) is 2.69. The molecule has 2 unspecified atom stereocenters. The van der Waals surface area contributed by atoms with E-state index in [1.807, 2.05) is 65.4 Å². The molecule has 0 aliphatic carbocycles. The molecular weight excluding hydrogens is 390 g/mol. The van der Waals surface area contributed by atoms with Crippen molar-refractivity contribution in [2.24, 2.45) is 4.99 Å². The maximum Gasteiger partial charge on any atom is 0.325 e. The summed E-state index contributed by atoms with van der Waals surface area (Å²) in [5.41, 5.74) is 3.87. The van der Waals surface area contributed by atoms with Gasteiger partial charge in [-0.2, -0.15) is 0 Å². The largest absolute Gasteiger partial charge is 0.325 e. The second kappa shape index (κ2) is 6.35. The first kappa shape index (κ1) is 17.8. The Bertz CT molecular complexity index is 1090. The fourth-order valence-corrected chi connectivity index (χ4v) is 4.05. The average molecular weight is 408 g/mol. The van der Waals surface area contributed by atoms with E-state index < -0.39 is 18.2 Å². The van der Waals surface area contributed by atoms with Crippen molar-refractivity contribution in [2.45, 2.75) is 19.1 Å². The van der Waals surface area contributed by atoms with Crippen LogP contribution in [0.3, 0.4) is 0 Å². The van der Waals surface area contributed by atoms with E-state index in [-0.39, 0.29) is 5.91 Å². The second-order valence-electron chi connectivity index (χ2n) is 7.30. The van der Waals surface area contributed by atoms with Gasteiger partial charge in [-0.3, -0.25) is 19.9 Å². The zero-order valence-corrected chi connectivity index (χ0v) is 16.6. The van der Waals surface area contributed by atoms with E-state index in [2.05, 4.69) is 11.4 Å². The quantitative estimate of drug-likeness (QED) is 0.830. The Morgan fingerprint density at radius 1 is 1.10 bits per heavy atom. The Morgan fingerprint density at radius 2 is 1.86 bits per heavy atom. The molecule has 7 nitrogen and oxygen atoms in total. The van der Waals surface area contributed by atoms with Crippen molar-refractivity contribution in [3.05, 3.63) is 70.9 Å². The summed E-state index contributed by atoms with van der Waals surface area (Å²) < 4.78 is 0. The molecule has 2 aromatic carbocycles. The van der Waals surface area contributed by atoms with Crippen LogP contribution in [0, 0.1) is 6.92 Å². The van der Waals surface area contributed by atoms with Gasteiger partial charge in [0.25, 0.3) is 5.91 Å². The molecule has 3 heterocycles. The number of carbonyl (C=O) groups excluding carboxylic acids is 2. The second-order valence-corrected chi connectivity index (χ2v) is 7.73. The molecule has 0 bridgehead atoms. The highest BCUT2D eigenvalue weighted by atomic mass is 35.5. The van der Waals surface area contributed by atoms with Gasteiger partial charge in [0.05, 0.1) is 5.70 Å². The van der Waals surface area contributed by atoms with Crippen molar-refractivity contribution in [3.63, 3.8) is 0 Å². The number of fused-ring (bicyclic) bond motifs is 3. The molecule has 0 aromatic heterocycles. The molecule has 2 atom stereocenters. The Kier molecular flexibility index (Phi) is 3.89. The SMILES string of the molecule is Cc1cccc(N2C(c3ccc(Cl)cc3)=CN3C2=NC2C3C(=O)NC(=O)N2C)c1. The van der Waals surface area contributed by atoms with Crippen LogP contribution in [0.1, 0.15) is 11.1 Å². The number of anilines is 1. The molecule has 0 spiro atoms. The molecule has 3 amide bonds. The van der Waals surface area contributed by atoms with Crippen LogP contribution >= 0.6 is 11.6 Å². The van der Waals surface area contributed by atoms with Crippen LogP contribution in [-0.2, 0) is 4.79 Å². The van der Waals surface area contributed by atoms with Gasteiger partial charge < -0.3 is 4.90 Å². The highest BCUT2D eigenvalue weighted by Crippen LogP contribution is 2.39. The number of aryl methyl sites for hydroxylation is 1. The predicted molar refractivity (Wildman–Crippen MR) is 111 cm³/mol. The lowest BCUT2D eigenvalue weighted by atomic mass is 10.1. The number of amides is 3. The lowest BCUT2D eigenvalue weighted by molar-refractivity contribution is -0.126. The summed E-state index contributed by atoms with van der Waals surface area (Å²) in [6, 6.07) is 14.6. The van der Waals surface area contributed by atoms with Crippen LogP contribution in [0.4, 0.5) is 10.5 Å². The summed E-state index contributed by atoms with van der Waals surface area (Å²) in [5.74, 6) is 0.266. The molecule has 2 aromatic rings. The van der Waals surface area contributed by atoms with Crippen LogP contribution in [0.25, 0.3) is 5.70 Å². The molecule has 0 radical (unpaired) electrons. The lowest BCUT2D eigenvalue weighted by Crippen LogP contribution is -2.62. The number of guanidine groups is 1. The first-order valence-corrected chi connectivity index (χ1v) is 9.60. The standard InChI is InChI=1S/C21H18ClN5O2/c1-12-4-3-5-15(10-12)27-16(13-6-8-14(22)9-7-13)11-26-17-18(23-20(26)27)25(2)21(29)24-19(17)28/h3-11,17-18H,1-2H3,(H,24,28,29). The van der Waals surface area contributed by atoms with Gasteiger partial charge in [-0.15, -0.1) is 0 Å². The van der Waals surface area contributed by atoms with Crippen LogP contribution in [-0.4, -0.2) is 47.0 Å². The predicted octanol–water partition coefficient (Wildman–Crippen LogP) is 3.01. The van der Waals surface area contributed by atoms with Gasteiger partial charge in [0, 0.05) is 29.5 Å². The van der Waals surface area contributed by atoms with Gasteiger partial charge in [-0.1, -0.05) is 35.9 Å². The zero-order chi connectivity index (χ0) is 20.3. The molecule has 1 N–H and O–H groups in total. The van der Waals surface area contributed by atoms with Crippen molar-refractivity contribution in [3.8, 4) is 0 Å². The van der Waals surface area contributed by atoms with E-state index in [0.29, 0.717) is 11.0 Å². The van der Waals surface area contributed by atoms with E-state index in [0.717, 1.165) is 22.5 Å². The van der Waals surface area contributed by atoms with Crippen molar-refractivity contribution < 1.29 is 9.59 Å². The number of aliphatic imine (C=N–C) groups is 1. The fourth-order valence-electron chi connectivity index (χ4n) is 3.93. The Hall–Kier alpha value is -3.32. The van der Waals surface area contributed by atoms with E-state index in [1.165, 1.54) is 4.90 Å². The van der Waals surface area contributed by atoms with Gasteiger partial charge in [0.1, 0.15) is 0 Å². The van der Waals surface area contributed by atoms with Gasteiger partial charge in [0.15, 0.2) is 12.2 Å². The lowest BCUT2D eigenvalue weighted by Gasteiger charge is -2.34. The molecule has 1 fully saturated rings. The molecule has 0 saturated carbocycles. The molecule has 3 aliphatic heterocycles. The molecular formula is C21H18ClN5O2. The number of hydrogen-bond acceptors (Lipinski definition) is 5. The van der Waals surface area contributed by atoms with Gasteiger partial charge in [0.2, 0.25) is 5.96 Å². The summed E-state index contributed by atoms with van der Waals surface area (Å²) in [6.45, 7) is 2.03. The Balaban J connectivity index is 1.65. The maximum absolute atomic E-state index is 12.6. The summed E-state index contributed by atoms with van der Waals surface area (Å²) in [6.07, 6.45) is 1.35. The fraction of sp³-hybridized carbons (Fsp3) is 0.190. The van der Waals surface area contributed by atoms with Crippen molar-refractivity contribution in [1.82, 2.24) is 15.1 Å². The van der Waals surface area contributed by atoms with Crippen LogP contribution in [0.15, 0.2) is 59.7 Å². The van der Waals surface area contributed by atoms with Crippen molar-refractivity contribution in [2.75, 3.05) is 11.9 Å². The van der Waals surface area contributed by atoms with Gasteiger partial charge >= 0.3 is 6.03 Å². The first-order chi connectivity index (χ1) is 13.9. The smallest absolute Gasteiger partial charge is 0.303 e. The number of urea groups is 1. The summed E-state index contributed by atoms with van der Waals surface area (Å²) >= 11 is 6.07. The number of rotatable bonds is 2. The molecule has 29 heavy (non-hydrogen) atoms. The minimum absolute atomic E-state index is 0.352. The van der Waals surface area contributed by atoms with E-state index in [1.54, 1.807) is 7.05 Å². The third-order valence-electron chi connectivity index (χ3n) is 5.38. The van der Waals surface area contributed by atoms with E-state index in [4.69, 9.17) is 16.6 Å². The van der Waals surface area contributed by atoms with Crippen LogP contribution in [0.5, 0.6) is 0 Å². The minimum atomic E-state index is -0.607.